The second kappa shape index (κ2) is 10.2. The van der Waals surface area contributed by atoms with E-state index < -0.39 is 24.6 Å². The Kier molecular flexibility index (Phi) is 7.33. The summed E-state index contributed by atoms with van der Waals surface area (Å²) in [6.45, 7) is 0.498. The Morgan fingerprint density at radius 3 is 2.62 bits per heavy atom. The number of alkyl halides is 1. The average Bonchev–Trinajstić information content (AvgIpc) is 2.88. The van der Waals surface area contributed by atoms with Gasteiger partial charge in [-0.25, -0.2) is 0 Å². The average molecular weight is 564 g/mol. The fourth-order valence-corrected chi connectivity index (χ4v) is 4.90. The monoisotopic (exact) mass is 563 g/mol. The number of carbonyl (C=O) groups is 2. The molecule has 0 saturated heterocycles. The van der Waals surface area contributed by atoms with E-state index in [-0.39, 0.29) is 5.91 Å². The van der Waals surface area contributed by atoms with Crippen molar-refractivity contribution in [2.75, 3.05) is 15.9 Å². The molecule has 0 aromatic heterocycles. The molecule has 0 unspecified atom stereocenters. The van der Waals surface area contributed by atoms with Gasteiger partial charge in [0.05, 0.1) is 6.42 Å². The number of nitrogens with zero attached hydrogens (tertiary/aromatic N) is 1. The van der Waals surface area contributed by atoms with Gasteiger partial charge in [0.25, 0.3) is 5.91 Å². The summed E-state index contributed by atoms with van der Waals surface area (Å²) in [6.07, 6.45) is -0.343. The van der Waals surface area contributed by atoms with Gasteiger partial charge >= 0.3 is 5.97 Å². The zero-order chi connectivity index (χ0) is 22.7. The van der Waals surface area contributed by atoms with Crippen LogP contribution in [-0.4, -0.2) is 34.1 Å². The number of unbranched alkanes of at least 4 members (excludes halogenated alkanes) is 1. The SMILES string of the molecule is O=C(O)C[C@@H]1O[C@@H](c2cccc3ccccc23)c2cc(Cl)ccc2N(CCCCI)C1=O. The van der Waals surface area contributed by atoms with E-state index in [1.165, 1.54) is 0 Å². The molecular formula is C25H23ClINO4. The smallest absolute Gasteiger partial charge is 0.306 e. The van der Waals surface area contributed by atoms with Crippen LogP contribution in [-0.2, 0) is 14.3 Å². The fraction of sp³-hybridized carbons (Fsp3) is 0.280. The molecule has 0 saturated carbocycles. The summed E-state index contributed by atoms with van der Waals surface area (Å²) in [4.78, 5) is 26.7. The lowest BCUT2D eigenvalue weighted by atomic mass is 9.94. The highest BCUT2D eigenvalue weighted by Crippen LogP contribution is 2.42. The number of anilines is 1. The van der Waals surface area contributed by atoms with E-state index in [4.69, 9.17) is 16.3 Å². The number of rotatable bonds is 7. The van der Waals surface area contributed by atoms with Crippen molar-refractivity contribution in [3.05, 3.63) is 76.8 Å². The van der Waals surface area contributed by atoms with Crippen LogP contribution in [0.25, 0.3) is 10.8 Å². The zero-order valence-corrected chi connectivity index (χ0v) is 20.3. The Labute approximate surface area is 205 Å². The first-order chi connectivity index (χ1) is 15.5. The second-order valence-electron chi connectivity index (χ2n) is 7.76. The normalized spacial score (nSPS) is 18.4. The molecule has 4 rings (SSSR count). The van der Waals surface area contributed by atoms with Crippen LogP contribution < -0.4 is 4.90 Å². The molecule has 0 fully saturated rings. The zero-order valence-electron chi connectivity index (χ0n) is 17.3. The Bertz CT molecular complexity index is 1150. The molecule has 1 aliphatic heterocycles. The molecule has 3 aromatic rings. The summed E-state index contributed by atoms with van der Waals surface area (Å²) in [7, 11) is 0. The van der Waals surface area contributed by atoms with Crippen molar-refractivity contribution in [2.24, 2.45) is 0 Å². The third-order valence-corrected chi connectivity index (χ3v) is 6.63. The number of ether oxygens (including phenoxy) is 1. The molecule has 0 radical (unpaired) electrons. The van der Waals surface area contributed by atoms with Crippen molar-refractivity contribution in [3.8, 4) is 0 Å². The maximum Gasteiger partial charge on any atom is 0.306 e. The molecule has 1 heterocycles. The molecule has 32 heavy (non-hydrogen) atoms. The molecule has 0 bridgehead atoms. The molecule has 7 heteroatoms. The van der Waals surface area contributed by atoms with Gasteiger partial charge < -0.3 is 14.7 Å². The van der Waals surface area contributed by atoms with Crippen LogP contribution in [0.2, 0.25) is 5.02 Å². The molecule has 0 spiro atoms. The topological polar surface area (TPSA) is 66.8 Å². The van der Waals surface area contributed by atoms with Gasteiger partial charge in [0.2, 0.25) is 0 Å². The summed E-state index contributed by atoms with van der Waals surface area (Å²) in [6, 6.07) is 19.3. The molecule has 166 valence electrons. The number of carboxylic acid groups (broad SMARTS) is 1. The van der Waals surface area contributed by atoms with Gasteiger partial charge in [-0.3, -0.25) is 9.59 Å². The lowest BCUT2D eigenvalue weighted by molar-refractivity contribution is -0.146. The van der Waals surface area contributed by atoms with Crippen LogP contribution in [0.15, 0.2) is 60.7 Å². The van der Waals surface area contributed by atoms with Gasteiger partial charge in [-0.05, 0) is 51.8 Å². The van der Waals surface area contributed by atoms with E-state index in [2.05, 4.69) is 22.6 Å². The number of hydrogen-bond acceptors (Lipinski definition) is 3. The number of carboxylic acids is 1. The summed E-state index contributed by atoms with van der Waals surface area (Å²) in [5, 5.41) is 12.1. The Morgan fingerprint density at radius 1 is 1.06 bits per heavy atom. The third-order valence-electron chi connectivity index (χ3n) is 5.64. The number of fused-ring (bicyclic) bond motifs is 2. The number of hydrogen-bond donors (Lipinski definition) is 1. The first kappa shape index (κ1) is 23.0. The molecule has 3 aromatic carbocycles. The largest absolute Gasteiger partial charge is 0.481 e. The lowest BCUT2D eigenvalue weighted by Crippen LogP contribution is -2.41. The minimum Gasteiger partial charge on any atom is -0.481 e. The molecule has 0 aliphatic carbocycles. The van der Waals surface area contributed by atoms with E-state index in [0.717, 1.165) is 44.9 Å². The van der Waals surface area contributed by atoms with Crippen LogP contribution in [0.4, 0.5) is 5.69 Å². The molecular weight excluding hydrogens is 541 g/mol. The molecule has 5 nitrogen and oxygen atoms in total. The van der Waals surface area contributed by atoms with Gasteiger partial charge in [0.1, 0.15) is 12.2 Å². The second-order valence-corrected chi connectivity index (χ2v) is 9.28. The first-order valence-electron chi connectivity index (χ1n) is 10.5. The van der Waals surface area contributed by atoms with E-state index in [1.54, 1.807) is 11.0 Å². The Morgan fingerprint density at radius 2 is 1.84 bits per heavy atom. The number of carbonyl (C=O) groups excluding carboxylic acids is 1. The summed E-state index contributed by atoms with van der Waals surface area (Å²) in [5.74, 6) is -1.40. The molecule has 2 atom stereocenters. The van der Waals surface area contributed by atoms with Crippen LogP contribution in [0.3, 0.4) is 0 Å². The lowest BCUT2D eigenvalue weighted by Gasteiger charge is -2.24. The Hall–Kier alpha value is -2.16. The van der Waals surface area contributed by atoms with Crippen molar-refractivity contribution in [3.63, 3.8) is 0 Å². The highest BCUT2D eigenvalue weighted by Gasteiger charge is 2.38. The maximum absolute atomic E-state index is 13.5. The molecule has 1 aliphatic rings. The quantitative estimate of drug-likeness (QED) is 0.217. The van der Waals surface area contributed by atoms with Crippen molar-refractivity contribution < 1.29 is 19.4 Å². The van der Waals surface area contributed by atoms with E-state index >= 15 is 0 Å². The number of aliphatic carboxylic acids is 1. The predicted octanol–water partition coefficient (Wildman–Crippen LogP) is 6.00. The van der Waals surface area contributed by atoms with Crippen LogP contribution in [0, 0.1) is 0 Å². The number of halogens is 2. The standard InChI is InChI=1S/C25H23ClINO4/c26-17-10-11-21-20(14-17)24(19-9-5-7-16-6-1-2-8-18(16)19)32-22(15-23(29)30)25(31)28(21)13-4-3-12-27/h1-2,5-11,14,22,24H,3-4,12-13,15H2,(H,29,30)/t22-,24-/m0/s1. The van der Waals surface area contributed by atoms with Crippen LogP contribution in [0.1, 0.15) is 36.5 Å². The van der Waals surface area contributed by atoms with Crippen molar-refractivity contribution in [1.29, 1.82) is 0 Å². The van der Waals surface area contributed by atoms with Gasteiger partial charge in [0, 0.05) is 22.8 Å². The summed E-state index contributed by atoms with van der Waals surface area (Å²) in [5.41, 5.74) is 2.37. The van der Waals surface area contributed by atoms with Crippen LogP contribution >= 0.6 is 34.2 Å². The van der Waals surface area contributed by atoms with E-state index in [9.17, 15) is 14.7 Å². The maximum atomic E-state index is 13.5. The first-order valence-corrected chi connectivity index (χ1v) is 12.4. The molecule has 1 amide bonds. The summed E-state index contributed by atoms with van der Waals surface area (Å²) < 4.78 is 7.30. The Balaban J connectivity index is 1.89. The highest BCUT2D eigenvalue weighted by atomic mass is 127. The van der Waals surface area contributed by atoms with Crippen LogP contribution in [0.5, 0.6) is 0 Å². The van der Waals surface area contributed by atoms with E-state index in [1.807, 2.05) is 54.6 Å². The minimum atomic E-state index is -1.10. The van der Waals surface area contributed by atoms with Crippen molar-refractivity contribution >= 4 is 62.5 Å². The molecule has 1 N–H and O–H groups in total. The van der Waals surface area contributed by atoms with Gasteiger partial charge in [-0.15, -0.1) is 0 Å². The number of benzene rings is 3. The van der Waals surface area contributed by atoms with E-state index in [0.29, 0.717) is 11.6 Å². The predicted molar refractivity (Wildman–Crippen MR) is 135 cm³/mol. The highest BCUT2D eigenvalue weighted by molar-refractivity contribution is 14.1. The van der Waals surface area contributed by atoms with Gasteiger partial charge in [-0.1, -0.05) is 76.7 Å². The minimum absolute atomic E-state index is 0.327. The van der Waals surface area contributed by atoms with Gasteiger partial charge in [0.15, 0.2) is 0 Å². The van der Waals surface area contributed by atoms with Crippen molar-refractivity contribution in [1.82, 2.24) is 0 Å². The third kappa shape index (κ3) is 4.77. The van der Waals surface area contributed by atoms with Gasteiger partial charge in [-0.2, -0.15) is 0 Å². The number of amides is 1. The summed E-state index contributed by atoms with van der Waals surface area (Å²) >= 11 is 8.69. The fourth-order valence-electron chi connectivity index (χ4n) is 4.18. The van der Waals surface area contributed by atoms with Crippen molar-refractivity contribution in [2.45, 2.75) is 31.5 Å².